The lowest BCUT2D eigenvalue weighted by Gasteiger charge is -2.12. The van der Waals surface area contributed by atoms with Crippen LogP contribution in [0.5, 0.6) is 0 Å². The third-order valence-corrected chi connectivity index (χ3v) is 2.95. The van der Waals surface area contributed by atoms with Crippen molar-refractivity contribution in [2.75, 3.05) is 5.32 Å². The number of nitrogens with one attached hydrogen (secondary N) is 1. The first-order chi connectivity index (χ1) is 8.97. The van der Waals surface area contributed by atoms with Gasteiger partial charge >= 0.3 is 0 Å². The molecule has 1 amide bonds. The van der Waals surface area contributed by atoms with Crippen LogP contribution in [0.3, 0.4) is 0 Å². The molecule has 0 spiro atoms. The van der Waals surface area contributed by atoms with Crippen LogP contribution in [0.15, 0.2) is 24.3 Å². The Morgan fingerprint density at radius 1 is 1.00 bits per heavy atom. The summed E-state index contributed by atoms with van der Waals surface area (Å²) in [6, 6.07) is 7.54. The first-order valence-electron chi connectivity index (χ1n) is 6.17. The summed E-state index contributed by atoms with van der Waals surface area (Å²) >= 11 is 0. The predicted molar refractivity (Wildman–Crippen MR) is 75.4 cm³/mol. The summed E-state index contributed by atoms with van der Waals surface area (Å²) in [5.41, 5.74) is 5.24. The number of nitrogens with zero attached hydrogens (tertiary/aromatic N) is 2. The molecule has 0 aliphatic rings. The van der Waals surface area contributed by atoms with Crippen LogP contribution in [0.2, 0.25) is 0 Å². The summed E-state index contributed by atoms with van der Waals surface area (Å²) in [7, 11) is 0. The van der Waals surface area contributed by atoms with Gasteiger partial charge in [0.1, 0.15) is 0 Å². The van der Waals surface area contributed by atoms with Gasteiger partial charge in [0, 0.05) is 5.69 Å². The van der Waals surface area contributed by atoms with Crippen molar-refractivity contribution in [1.82, 2.24) is 10.2 Å². The molecule has 2 rings (SSSR count). The van der Waals surface area contributed by atoms with Gasteiger partial charge in [0.25, 0.3) is 5.91 Å². The van der Waals surface area contributed by atoms with Crippen LogP contribution in [0.4, 0.5) is 5.69 Å². The van der Waals surface area contributed by atoms with Gasteiger partial charge in [0.2, 0.25) is 0 Å². The normalized spacial score (nSPS) is 10.3. The van der Waals surface area contributed by atoms with E-state index in [1.54, 1.807) is 12.1 Å². The predicted octanol–water partition coefficient (Wildman–Crippen LogP) is 2.96. The van der Waals surface area contributed by atoms with E-state index >= 15 is 0 Å². The molecule has 0 fully saturated rings. The fourth-order valence-corrected chi connectivity index (χ4v) is 2.07. The van der Waals surface area contributed by atoms with Crippen molar-refractivity contribution in [1.29, 1.82) is 0 Å². The maximum atomic E-state index is 12.1. The Balaban J connectivity index is 2.26. The van der Waals surface area contributed by atoms with Crippen molar-refractivity contribution in [2.24, 2.45) is 0 Å². The van der Waals surface area contributed by atoms with Crippen LogP contribution in [-0.2, 0) is 0 Å². The van der Waals surface area contributed by atoms with E-state index in [9.17, 15) is 4.79 Å². The van der Waals surface area contributed by atoms with Gasteiger partial charge in [-0.3, -0.25) is 4.79 Å². The Kier molecular flexibility index (Phi) is 3.60. The van der Waals surface area contributed by atoms with E-state index in [2.05, 4.69) is 15.5 Å². The lowest BCUT2D eigenvalue weighted by Crippen LogP contribution is -2.16. The van der Waals surface area contributed by atoms with E-state index in [0.717, 1.165) is 22.5 Å². The second kappa shape index (κ2) is 5.18. The number of rotatable bonds is 2. The average Bonchev–Trinajstić information content (AvgIpc) is 2.34. The van der Waals surface area contributed by atoms with E-state index in [0.29, 0.717) is 5.69 Å². The van der Waals surface area contributed by atoms with Crippen LogP contribution in [0.25, 0.3) is 0 Å². The standard InChI is InChI=1S/C15H17N3O/c1-9-7-10(2)14(11(3)8-9)16-15(19)13-6-5-12(4)17-18-13/h5-8H,1-4H3,(H,16,19). The van der Waals surface area contributed by atoms with Crippen molar-refractivity contribution in [2.45, 2.75) is 27.7 Å². The molecule has 98 valence electrons. The second-order valence-electron chi connectivity index (χ2n) is 4.79. The van der Waals surface area contributed by atoms with E-state index in [1.165, 1.54) is 5.56 Å². The third-order valence-electron chi connectivity index (χ3n) is 2.95. The number of carbonyl (C=O) groups excluding carboxylic acids is 1. The van der Waals surface area contributed by atoms with Crippen molar-refractivity contribution < 1.29 is 4.79 Å². The highest BCUT2D eigenvalue weighted by Gasteiger charge is 2.11. The number of aromatic nitrogens is 2. The molecule has 19 heavy (non-hydrogen) atoms. The maximum Gasteiger partial charge on any atom is 0.276 e. The molecule has 0 aliphatic carbocycles. The Morgan fingerprint density at radius 2 is 1.63 bits per heavy atom. The van der Waals surface area contributed by atoms with Crippen molar-refractivity contribution in [3.8, 4) is 0 Å². The Hall–Kier alpha value is -2.23. The van der Waals surface area contributed by atoms with Gasteiger partial charge in [-0.05, 0) is 51.0 Å². The van der Waals surface area contributed by atoms with E-state index in [1.807, 2.05) is 39.8 Å². The van der Waals surface area contributed by atoms with Crippen molar-refractivity contribution in [3.05, 3.63) is 52.3 Å². The number of carbonyl (C=O) groups is 1. The molecule has 1 N–H and O–H groups in total. The molecule has 4 heteroatoms. The van der Waals surface area contributed by atoms with Gasteiger partial charge in [-0.15, -0.1) is 5.10 Å². The molecule has 0 aliphatic heterocycles. The number of amides is 1. The quantitative estimate of drug-likeness (QED) is 0.897. The van der Waals surface area contributed by atoms with Crippen molar-refractivity contribution >= 4 is 11.6 Å². The van der Waals surface area contributed by atoms with E-state index < -0.39 is 0 Å². The summed E-state index contributed by atoms with van der Waals surface area (Å²) in [6.45, 7) is 7.84. The van der Waals surface area contributed by atoms with E-state index in [4.69, 9.17) is 0 Å². The van der Waals surface area contributed by atoms with Gasteiger partial charge in [-0.1, -0.05) is 17.7 Å². The fourth-order valence-electron chi connectivity index (χ4n) is 2.07. The Bertz CT molecular complexity index is 595. The highest BCUT2D eigenvalue weighted by atomic mass is 16.1. The Morgan fingerprint density at radius 3 is 2.16 bits per heavy atom. The third kappa shape index (κ3) is 2.96. The highest BCUT2D eigenvalue weighted by Crippen LogP contribution is 2.22. The molecule has 2 aromatic rings. The highest BCUT2D eigenvalue weighted by molar-refractivity contribution is 6.03. The zero-order chi connectivity index (χ0) is 14.0. The van der Waals surface area contributed by atoms with Crippen LogP contribution < -0.4 is 5.32 Å². The minimum absolute atomic E-state index is 0.234. The minimum atomic E-state index is -0.234. The molecule has 1 aromatic heterocycles. The number of aryl methyl sites for hydroxylation is 4. The molecule has 0 bridgehead atoms. The lowest BCUT2D eigenvalue weighted by molar-refractivity contribution is 0.102. The van der Waals surface area contributed by atoms with Crippen LogP contribution in [0.1, 0.15) is 32.9 Å². The van der Waals surface area contributed by atoms with Gasteiger partial charge in [0.05, 0.1) is 5.69 Å². The molecule has 0 saturated carbocycles. The van der Waals surface area contributed by atoms with Crippen molar-refractivity contribution in [3.63, 3.8) is 0 Å². The zero-order valence-corrected chi connectivity index (χ0v) is 11.6. The molecule has 0 saturated heterocycles. The van der Waals surface area contributed by atoms with E-state index in [-0.39, 0.29) is 5.91 Å². The number of benzene rings is 1. The Labute approximate surface area is 112 Å². The molecule has 1 heterocycles. The smallest absolute Gasteiger partial charge is 0.276 e. The largest absolute Gasteiger partial charge is 0.320 e. The van der Waals surface area contributed by atoms with Crippen LogP contribution in [0, 0.1) is 27.7 Å². The first-order valence-corrected chi connectivity index (χ1v) is 6.17. The zero-order valence-electron chi connectivity index (χ0n) is 11.6. The number of hydrogen-bond donors (Lipinski definition) is 1. The lowest BCUT2D eigenvalue weighted by atomic mass is 10.1. The molecule has 0 radical (unpaired) electrons. The summed E-state index contributed by atoms with van der Waals surface area (Å²) < 4.78 is 0. The van der Waals surface area contributed by atoms with Gasteiger partial charge in [-0.2, -0.15) is 5.10 Å². The molecule has 0 atom stereocenters. The molecule has 0 unspecified atom stereocenters. The number of anilines is 1. The topological polar surface area (TPSA) is 54.9 Å². The summed E-state index contributed by atoms with van der Waals surface area (Å²) in [4.78, 5) is 12.1. The average molecular weight is 255 g/mol. The monoisotopic (exact) mass is 255 g/mol. The fraction of sp³-hybridized carbons (Fsp3) is 0.267. The summed E-state index contributed by atoms with van der Waals surface area (Å²) in [6.07, 6.45) is 0. The molecule has 1 aromatic carbocycles. The van der Waals surface area contributed by atoms with Gasteiger partial charge in [-0.25, -0.2) is 0 Å². The summed E-state index contributed by atoms with van der Waals surface area (Å²) in [5.74, 6) is -0.234. The first kappa shape index (κ1) is 13.2. The maximum absolute atomic E-state index is 12.1. The summed E-state index contributed by atoms with van der Waals surface area (Å²) in [5, 5.41) is 10.7. The van der Waals surface area contributed by atoms with Gasteiger partial charge < -0.3 is 5.32 Å². The van der Waals surface area contributed by atoms with Gasteiger partial charge in [0.15, 0.2) is 5.69 Å². The minimum Gasteiger partial charge on any atom is -0.320 e. The molecule has 4 nitrogen and oxygen atoms in total. The molecular weight excluding hydrogens is 238 g/mol. The van der Waals surface area contributed by atoms with Crippen LogP contribution in [-0.4, -0.2) is 16.1 Å². The molecular formula is C15H17N3O. The second-order valence-corrected chi connectivity index (χ2v) is 4.79. The van der Waals surface area contributed by atoms with Crippen LogP contribution >= 0.6 is 0 Å². The SMILES string of the molecule is Cc1cc(C)c(NC(=O)c2ccc(C)nn2)c(C)c1. The number of hydrogen-bond acceptors (Lipinski definition) is 3.